The highest BCUT2D eigenvalue weighted by Crippen LogP contribution is 2.23. The van der Waals surface area contributed by atoms with Crippen LogP contribution < -0.4 is 10.1 Å². The first-order valence-electron chi connectivity index (χ1n) is 6.73. The standard InChI is InChI=1S/C15H21N3O2/c1-4-20-15-6-5-14(7-12(15)10-19)16-8-13-9-17-18(3)11(13)2/h5-7,9,16,19H,4,8,10H2,1-3H3. The number of aliphatic hydroxyl groups is 1. The van der Waals surface area contributed by atoms with Gasteiger partial charge in [0.15, 0.2) is 0 Å². The van der Waals surface area contributed by atoms with Gasteiger partial charge in [0.05, 0.1) is 19.4 Å². The maximum absolute atomic E-state index is 9.38. The van der Waals surface area contributed by atoms with E-state index >= 15 is 0 Å². The Labute approximate surface area is 119 Å². The molecule has 0 saturated heterocycles. The van der Waals surface area contributed by atoms with Crippen LogP contribution in [0.5, 0.6) is 5.75 Å². The molecule has 108 valence electrons. The van der Waals surface area contributed by atoms with Crippen LogP contribution in [-0.2, 0) is 20.2 Å². The molecule has 0 aliphatic carbocycles. The Morgan fingerprint density at radius 2 is 2.15 bits per heavy atom. The van der Waals surface area contributed by atoms with Gasteiger partial charge in [0, 0.05) is 36.1 Å². The third-order valence-corrected chi connectivity index (χ3v) is 3.35. The number of hydrogen-bond acceptors (Lipinski definition) is 4. The molecule has 2 N–H and O–H groups in total. The fourth-order valence-corrected chi connectivity index (χ4v) is 2.02. The lowest BCUT2D eigenvalue weighted by Gasteiger charge is -2.12. The molecule has 0 bridgehead atoms. The number of aliphatic hydroxyl groups excluding tert-OH is 1. The second-order valence-corrected chi connectivity index (χ2v) is 4.65. The van der Waals surface area contributed by atoms with Gasteiger partial charge >= 0.3 is 0 Å². The van der Waals surface area contributed by atoms with Gasteiger partial charge in [-0.25, -0.2) is 0 Å². The number of aromatic nitrogens is 2. The maximum Gasteiger partial charge on any atom is 0.124 e. The highest BCUT2D eigenvalue weighted by atomic mass is 16.5. The van der Waals surface area contributed by atoms with Gasteiger partial charge < -0.3 is 15.2 Å². The average Bonchev–Trinajstić information content (AvgIpc) is 2.78. The van der Waals surface area contributed by atoms with Crippen LogP contribution in [0, 0.1) is 6.92 Å². The van der Waals surface area contributed by atoms with E-state index in [4.69, 9.17) is 4.74 Å². The number of nitrogens with one attached hydrogen (secondary N) is 1. The van der Waals surface area contributed by atoms with Crippen molar-refractivity contribution in [2.75, 3.05) is 11.9 Å². The zero-order valence-corrected chi connectivity index (χ0v) is 12.2. The van der Waals surface area contributed by atoms with Crippen molar-refractivity contribution >= 4 is 5.69 Å². The summed E-state index contributed by atoms with van der Waals surface area (Å²) in [6.07, 6.45) is 1.86. The number of hydrogen-bond donors (Lipinski definition) is 2. The summed E-state index contributed by atoms with van der Waals surface area (Å²) in [5, 5.41) is 16.9. The average molecular weight is 275 g/mol. The smallest absolute Gasteiger partial charge is 0.124 e. The van der Waals surface area contributed by atoms with E-state index in [1.807, 2.05) is 50.0 Å². The molecule has 20 heavy (non-hydrogen) atoms. The zero-order valence-electron chi connectivity index (χ0n) is 12.2. The number of anilines is 1. The Morgan fingerprint density at radius 1 is 1.35 bits per heavy atom. The molecule has 0 aliphatic rings. The number of nitrogens with zero attached hydrogens (tertiary/aromatic N) is 2. The molecule has 1 heterocycles. The van der Waals surface area contributed by atoms with Crippen LogP contribution in [0.3, 0.4) is 0 Å². The van der Waals surface area contributed by atoms with E-state index in [9.17, 15) is 5.11 Å². The van der Waals surface area contributed by atoms with Gasteiger partial charge in [0.2, 0.25) is 0 Å². The quantitative estimate of drug-likeness (QED) is 0.848. The summed E-state index contributed by atoms with van der Waals surface area (Å²) in [5.41, 5.74) is 4.05. The van der Waals surface area contributed by atoms with Crippen molar-refractivity contribution < 1.29 is 9.84 Å². The van der Waals surface area contributed by atoms with Gasteiger partial charge in [-0.2, -0.15) is 5.10 Å². The SMILES string of the molecule is CCOc1ccc(NCc2cnn(C)c2C)cc1CO. The number of benzene rings is 1. The van der Waals surface area contributed by atoms with E-state index in [-0.39, 0.29) is 6.61 Å². The van der Waals surface area contributed by atoms with Crippen LogP contribution in [-0.4, -0.2) is 21.5 Å². The number of ether oxygens (including phenoxy) is 1. The van der Waals surface area contributed by atoms with Crippen molar-refractivity contribution in [2.45, 2.75) is 27.0 Å². The summed E-state index contributed by atoms with van der Waals surface area (Å²) < 4.78 is 7.32. The fraction of sp³-hybridized carbons (Fsp3) is 0.400. The van der Waals surface area contributed by atoms with Crippen molar-refractivity contribution in [2.24, 2.45) is 7.05 Å². The molecule has 5 nitrogen and oxygen atoms in total. The highest BCUT2D eigenvalue weighted by Gasteiger charge is 2.06. The summed E-state index contributed by atoms with van der Waals surface area (Å²) in [4.78, 5) is 0. The molecule has 0 atom stereocenters. The number of rotatable bonds is 6. The molecule has 0 radical (unpaired) electrons. The Bertz CT molecular complexity index is 578. The van der Waals surface area contributed by atoms with E-state index in [1.54, 1.807) is 0 Å². The first-order valence-corrected chi connectivity index (χ1v) is 6.73. The second-order valence-electron chi connectivity index (χ2n) is 4.65. The molecule has 2 rings (SSSR count). The minimum absolute atomic E-state index is 0.0310. The lowest BCUT2D eigenvalue weighted by atomic mass is 10.1. The monoisotopic (exact) mass is 275 g/mol. The minimum Gasteiger partial charge on any atom is -0.494 e. The second kappa shape index (κ2) is 6.43. The van der Waals surface area contributed by atoms with Gasteiger partial charge in [-0.15, -0.1) is 0 Å². The Morgan fingerprint density at radius 3 is 2.75 bits per heavy atom. The van der Waals surface area contributed by atoms with Crippen LogP contribution >= 0.6 is 0 Å². The van der Waals surface area contributed by atoms with Crippen molar-refractivity contribution in [1.82, 2.24) is 9.78 Å². The van der Waals surface area contributed by atoms with Crippen LogP contribution in [0.4, 0.5) is 5.69 Å². The van der Waals surface area contributed by atoms with Gasteiger partial charge in [0.25, 0.3) is 0 Å². The van der Waals surface area contributed by atoms with E-state index in [0.29, 0.717) is 13.2 Å². The third kappa shape index (κ3) is 3.11. The Balaban J connectivity index is 2.08. The van der Waals surface area contributed by atoms with E-state index in [1.165, 1.54) is 0 Å². The van der Waals surface area contributed by atoms with Gasteiger partial charge in [-0.05, 0) is 32.0 Å². The predicted molar refractivity (Wildman–Crippen MR) is 78.8 cm³/mol. The van der Waals surface area contributed by atoms with Crippen molar-refractivity contribution in [3.8, 4) is 5.75 Å². The van der Waals surface area contributed by atoms with Crippen LogP contribution in [0.25, 0.3) is 0 Å². The summed E-state index contributed by atoms with van der Waals surface area (Å²) in [6.45, 7) is 5.24. The molecule has 1 aromatic carbocycles. The summed E-state index contributed by atoms with van der Waals surface area (Å²) in [5.74, 6) is 0.734. The molecule has 0 spiro atoms. The summed E-state index contributed by atoms with van der Waals surface area (Å²) >= 11 is 0. The third-order valence-electron chi connectivity index (χ3n) is 3.35. The van der Waals surface area contributed by atoms with E-state index in [2.05, 4.69) is 10.4 Å². The largest absolute Gasteiger partial charge is 0.494 e. The molecular formula is C15H21N3O2. The van der Waals surface area contributed by atoms with E-state index < -0.39 is 0 Å². The summed E-state index contributed by atoms with van der Waals surface area (Å²) in [7, 11) is 1.93. The minimum atomic E-state index is -0.0310. The topological polar surface area (TPSA) is 59.3 Å². The highest BCUT2D eigenvalue weighted by molar-refractivity contribution is 5.51. The molecule has 0 saturated carbocycles. The fourth-order valence-electron chi connectivity index (χ4n) is 2.02. The zero-order chi connectivity index (χ0) is 14.5. The molecular weight excluding hydrogens is 254 g/mol. The molecule has 0 unspecified atom stereocenters. The lowest BCUT2D eigenvalue weighted by molar-refractivity contribution is 0.267. The van der Waals surface area contributed by atoms with Crippen LogP contribution in [0.2, 0.25) is 0 Å². The van der Waals surface area contributed by atoms with Crippen LogP contribution in [0.15, 0.2) is 24.4 Å². The maximum atomic E-state index is 9.38. The van der Waals surface area contributed by atoms with Gasteiger partial charge in [-0.1, -0.05) is 0 Å². The molecule has 0 aliphatic heterocycles. The molecule has 1 aromatic heterocycles. The lowest BCUT2D eigenvalue weighted by Crippen LogP contribution is -2.03. The first kappa shape index (κ1) is 14.4. The summed E-state index contributed by atoms with van der Waals surface area (Å²) in [6, 6.07) is 5.75. The van der Waals surface area contributed by atoms with Crippen LogP contribution in [0.1, 0.15) is 23.7 Å². The predicted octanol–water partition coefficient (Wildman–Crippen LogP) is 2.23. The molecule has 5 heteroatoms. The van der Waals surface area contributed by atoms with Gasteiger partial charge in [0.1, 0.15) is 5.75 Å². The Kier molecular flexibility index (Phi) is 4.63. The van der Waals surface area contributed by atoms with Gasteiger partial charge in [-0.3, -0.25) is 4.68 Å². The Hall–Kier alpha value is -2.01. The van der Waals surface area contributed by atoms with Crippen molar-refractivity contribution in [3.63, 3.8) is 0 Å². The van der Waals surface area contributed by atoms with Crippen molar-refractivity contribution in [1.29, 1.82) is 0 Å². The molecule has 0 amide bonds. The normalized spacial score (nSPS) is 10.6. The first-order chi connectivity index (χ1) is 9.65. The molecule has 2 aromatic rings. The van der Waals surface area contributed by atoms with Crippen molar-refractivity contribution in [3.05, 3.63) is 41.2 Å². The molecule has 0 fully saturated rings. The number of aryl methyl sites for hydroxylation is 1. The van der Waals surface area contributed by atoms with E-state index in [0.717, 1.165) is 28.3 Å².